The van der Waals surface area contributed by atoms with E-state index in [2.05, 4.69) is 23.9 Å². The molecule has 66 valence electrons. The summed E-state index contributed by atoms with van der Waals surface area (Å²) in [5, 5.41) is 0. The third kappa shape index (κ3) is 11.5. The van der Waals surface area contributed by atoms with Gasteiger partial charge in [-0.05, 0) is 6.92 Å². The van der Waals surface area contributed by atoms with Crippen molar-refractivity contribution >= 4 is 0 Å². The van der Waals surface area contributed by atoms with E-state index >= 15 is 0 Å². The normalized spacial score (nSPS) is 6.25. The Morgan fingerprint density at radius 3 is 1.58 bits per heavy atom. The summed E-state index contributed by atoms with van der Waals surface area (Å²) in [7, 11) is 1.42. The van der Waals surface area contributed by atoms with Crippen molar-refractivity contribution in [3.63, 3.8) is 0 Å². The van der Waals surface area contributed by atoms with Gasteiger partial charge in [0.05, 0.1) is 0 Å². The number of aryl methyl sites for hydroxylation is 1. The Morgan fingerprint density at radius 2 is 1.42 bits per heavy atom. The Labute approximate surface area is 75.9 Å². The molecule has 0 atom stereocenters. The minimum Gasteiger partial charge on any atom is -0.320 e. The molecule has 0 aromatic heterocycles. The first-order valence-electron chi connectivity index (χ1n) is 4.08. The fourth-order valence-electron chi connectivity index (χ4n) is 0.534. The lowest BCUT2D eigenvalue weighted by Crippen LogP contribution is -1.62. The first-order chi connectivity index (χ1) is 5.81. The van der Waals surface area contributed by atoms with Crippen LogP contribution in [0.2, 0.25) is 0 Å². The van der Waals surface area contributed by atoms with Gasteiger partial charge in [0.1, 0.15) is 0 Å². The van der Waals surface area contributed by atoms with Crippen molar-refractivity contribution in [2.75, 3.05) is 7.05 Å². The molecule has 1 heteroatoms. The van der Waals surface area contributed by atoms with Gasteiger partial charge in [-0.2, -0.15) is 0 Å². The van der Waals surface area contributed by atoms with Gasteiger partial charge in [0.25, 0.3) is 0 Å². The SMILES string of the molecule is CC.Cc1ccccc1.[C-]#[N+]C. The molecule has 0 saturated carbocycles. The van der Waals surface area contributed by atoms with Crippen molar-refractivity contribution in [1.82, 2.24) is 0 Å². The summed E-state index contributed by atoms with van der Waals surface area (Å²) in [6, 6.07) is 10.3. The molecule has 0 amide bonds. The third-order valence-electron chi connectivity index (χ3n) is 0.940. The molecular weight excluding hydrogens is 146 g/mol. The number of hydrogen-bond acceptors (Lipinski definition) is 0. The number of nitrogens with zero attached hydrogens (tertiary/aromatic N) is 1. The predicted octanol–water partition coefficient (Wildman–Crippen LogP) is 3.56. The van der Waals surface area contributed by atoms with Gasteiger partial charge in [-0.1, -0.05) is 49.7 Å². The zero-order valence-corrected chi connectivity index (χ0v) is 8.33. The maximum Gasteiger partial charge on any atom is 0.205 e. The van der Waals surface area contributed by atoms with Crippen LogP contribution in [0.3, 0.4) is 0 Å². The van der Waals surface area contributed by atoms with Crippen LogP contribution in [-0.2, 0) is 0 Å². The van der Waals surface area contributed by atoms with Crippen molar-refractivity contribution in [2.45, 2.75) is 20.8 Å². The van der Waals surface area contributed by atoms with Crippen LogP contribution in [0.5, 0.6) is 0 Å². The summed E-state index contributed by atoms with van der Waals surface area (Å²) < 4.78 is 0. The molecular formula is C11H17N. The maximum atomic E-state index is 5.83. The standard InChI is InChI=1S/C7H8.C2H3N.C2H6/c1-7-5-3-2-4-6-7;1-3-2;1-2/h2-6H,1H3;1H3;1-2H3. The average molecular weight is 163 g/mol. The zero-order valence-electron chi connectivity index (χ0n) is 8.33. The van der Waals surface area contributed by atoms with Crippen LogP contribution in [-0.4, -0.2) is 7.05 Å². The predicted molar refractivity (Wildman–Crippen MR) is 55.1 cm³/mol. The fraction of sp³-hybridized carbons (Fsp3) is 0.364. The largest absolute Gasteiger partial charge is 0.320 e. The highest BCUT2D eigenvalue weighted by Gasteiger charge is 1.72. The molecule has 1 aromatic carbocycles. The molecule has 0 saturated heterocycles. The van der Waals surface area contributed by atoms with Crippen molar-refractivity contribution < 1.29 is 0 Å². The molecule has 0 radical (unpaired) electrons. The molecule has 1 nitrogen and oxygen atoms in total. The lowest BCUT2D eigenvalue weighted by molar-refractivity contribution is 1.48. The van der Waals surface area contributed by atoms with E-state index in [0.29, 0.717) is 0 Å². The van der Waals surface area contributed by atoms with Gasteiger partial charge in [0.15, 0.2) is 0 Å². The highest BCUT2D eigenvalue weighted by molar-refractivity contribution is 5.11. The van der Waals surface area contributed by atoms with E-state index in [9.17, 15) is 0 Å². The van der Waals surface area contributed by atoms with Gasteiger partial charge in [0.2, 0.25) is 7.05 Å². The van der Waals surface area contributed by atoms with E-state index in [0.717, 1.165) is 0 Å². The summed E-state index contributed by atoms with van der Waals surface area (Å²) in [4.78, 5) is 2.75. The minimum atomic E-state index is 1.32. The fourth-order valence-corrected chi connectivity index (χ4v) is 0.534. The number of rotatable bonds is 0. The number of hydrogen-bond donors (Lipinski definition) is 0. The summed E-state index contributed by atoms with van der Waals surface area (Å²) in [6.45, 7) is 11.9. The summed E-state index contributed by atoms with van der Waals surface area (Å²) in [5.74, 6) is 0. The van der Waals surface area contributed by atoms with Crippen LogP contribution < -0.4 is 0 Å². The van der Waals surface area contributed by atoms with Crippen molar-refractivity contribution in [3.8, 4) is 0 Å². The van der Waals surface area contributed by atoms with Crippen molar-refractivity contribution in [1.29, 1.82) is 0 Å². The van der Waals surface area contributed by atoms with Gasteiger partial charge in [0, 0.05) is 0 Å². The van der Waals surface area contributed by atoms with Crippen LogP contribution in [0, 0.1) is 13.5 Å². The summed E-state index contributed by atoms with van der Waals surface area (Å²) in [5.41, 5.74) is 1.32. The Bertz CT molecular complexity index is 196. The zero-order chi connectivity index (χ0) is 9.82. The molecule has 0 unspecified atom stereocenters. The monoisotopic (exact) mass is 163 g/mol. The van der Waals surface area contributed by atoms with E-state index in [-0.39, 0.29) is 0 Å². The van der Waals surface area contributed by atoms with E-state index in [1.807, 2.05) is 32.0 Å². The maximum absolute atomic E-state index is 5.83. The van der Waals surface area contributed by atoms with Crippen LogP contribution >= 0.6 is 0 Å². The second-order valence-corrected chi connectivity index (χ2v) is 1.88. The van der Waals surface area contributed by atoms with Crippen LogP contribution in [0.25, 0.3) is 4.85 Å². The second-order valence-electron chi connectivity index (χ2n) is 1.88. The lowest BCUT2D eigenvalue weighted by atomic mass is 10.2. The molecule has 0 bridgehead atoms. The molecule has 0 spiro atoms. The Hall–Kier alpha value is -1.29. The van der Waals surface area contributed by atoms with Crippen molar-refractivity contribution in [2.24, 2.45) is 0 Å². The van der Waals surface area contributed by atoms with Gasteiger partial charge in [-0.15, -0.1) is 0 Å². The first kappa shape index (κ1) is 13.3. The highest BCUT2D eigenvalue weighted by atomic mass is 14.5. The highest BCUT2D eigenvalue weighted by Crippen LogP contribution is 1.92. The van der Waals surface area contributed by atoms with E-state index in [1.165, 1.54) is 12.6 Å². The van der Waals surface area contributed by atoms with Gasteiger partial charge < -0.3 is 4.85 Å². The molecule has 0 N–H and O–H groups in total. The Balaban J connectivity index is 0. The quantitative estimate of drug-likeness (QED) is 0.515. The van der Waals surface area contributed by atoms with Crippen LogP contribution in [0.15, 0.2) is 30.3 Å². The minimum absolute atomic E-state index is 1.32. The van der Waals surface area contributed by atoms with Gasteiger partial charge >= 0.3 is 0 Å². The van der Waals surface area contributed by atoms with E-state index in [4.69, 9.17) is 6.57 Å². The lowest BCUT2D eigenvalue weighted by Gasteiger charge is -1.82. The van der Waals surface area contributed by atoms with Crippen molar-refractivity contribution in [3.05, 3.63) is 47.3 Å². The smallest absolute Gasteiger partial charge is 0.205 e. The average Bonchev–Trinajstić information content (AvgIpc) is 2.11. The molecule has 1 aromatic rings. The van der Waals surface area contributed by atoms with Gasteiger partial charge in [-0.25, -0.2) is 6.57 Å². The topological polar surface area (TPSA) is 4.36 Å². The molecule has 0 aliphatic heterocycles. The second kappa shape index (κ2) is 12.4. The molecule has 0 heterocycles. The Kier molecular flexibility index (Phi) is 13.7. The third-order valence-corrected chi connectivity index (χ3v) is 0.940. The molecule has 12 heavy (non-hydrogen) atoms. The van der Waals surface area contributed by atoms with Gasteiger partial charge in [-0.3, -0.25) is 0 Å². The van der Waals surface area contributed by atoms with E-state index in [1.54, 1.807) is 0 Å². The first-order valence-corrected chi connectivity index (χ1v) is 4.08. The van der Waals surface area contributed by atoms with Crippen LogP contribution in [0.4, 0.5) is 0 Å². The molecule has 1 rings (SSSR count). The number of benzene rings is 1. The Morgan fingerprint density at radius 1 is 1.08 bits per heavy atom. The molecule has 0 fully saturated rings. The van der Waals surface area contributed by atoms with E-state index < -0.39 is 0 Å². The molecule has 0 aliphatic rings. The summed E-state index contributed by atoms with van der Waals surface area (Å²) >= 11 is 0. The molecule has 0 aliphatic carbocycles. The summed E-state index contributed by atoms with van der Waals surface area (Å²) in [6.07, 6.45) is 0. The van der Waals surface area contributed by atoms with Crippen LogP contribution in [0.1, 0.15) is 19.4 Å².